The Kier molecular flexibility index (Phi) is 8.49. The van der Waals surface area contributed by atoms with Gasteiger partial charge in [0.1, 0.15) is 31.5 Å². The summed E-state index contributed by atoms with van der Waals surface area (Å²) >= 11 is 0. The van der Waals surface area contributed by atoms with Gasteiger partial charge in [-0.05, 0) is 6.42 Å². The van der Waals surface area contributed by atoms with Crippen molar-refractivity contribution < 1.29 is 29.3 Å². The largest absolute Gasteiger partial charge is 0.463 e. The molecule has 0 saturated carbocycles. The minimum Gasteiger partial charge on any atom is -0.463 e. The molecule has 1 fully saturated rings. The zero-order valence-electron chi connectivity index (χ0n) is 12.6. The number of Topliss-reactive ketones (excluding diaryl/α,β-unsaturated/α-hetero) is 1. The van der Waals surface area contributed by atoms with Gasteiger partial charge in [0.2, 0.25) is 0 Å². The summed E-state index contributed by atoms with van der Waals surface area (Å²) in [4.78, 5) is 22.6. The van der Waals surface area contributed by atoms with Gasteiger partial charge in [0.25, 0.3) is 0 Å². The third-order valence-corrected chi connectivity index (χ3v) is 3.62. The van der Waals surface area contributed by atoms with Crippen molar-refractivity contribution in [1.82, 2.24) is 0 Å². The van der Waals surface area contributed by atoms with Crippen LogP contribution in [0.1, 0.15) is 51.9 Å². The number of unbranched alkanes of at least 4 members (excludes halogenated alkanes) is 5. The molecule has 0 aromatic heterocycles. The van der Waals surface area contributed by atoms with E-state index in [1.807, 2.05) is 0 Å². The van der Waals surface area contributed by atoms with Crippen LogP contribution >= 0.6 is 0 Å². The molecule has 0 bridgehead atoms. The zero-order valence-corrected chi connectivity index (χ0v) is 12.6. The molecule has 0 aromatic carbocycles. The Morgan fingerprint density at radius 3 is 2.62 bits per heavy atom. The second-order valence-corrected chi connectivity index (χ2v) is 5.45. The predicted molar refractivity (Wildman–Crippen MR) is 75.7 cm³/mol. The fourth-order valence-electron chi connectivity index (χ4n) is 2.21. The molecular weight excluding hydrogens is 276 g/mol. The molecule has 122 valence electrons. The lowest BCUT2D eigenvalue weighted by molar-refractivity contribution is -0.177. The Morgan fingerprint density at radius 2 is 1.90 bits per heavy atom. The van der Waals surface area contributed by atoms with E-state index in [2.05, 4.69) is 6.92 Å². The maximum absolute atomic E-state index is 11.5. The molecule has 0 unspecified atom stereocenters. The van der Waals surface area contributed by atoms with E-state index in [-0.39, 0.29) is 19.2 Å². The summed E-state index contributed by atoms with van der Waals surface area (Å²) in [6, 6.07) is 0. The molecule has 21 heavy (non-hydrogen) atoms. The molecule has 2 N–H and O–H groups in total. The van der Waals surface area contributed by atoms with Crippen molar-refractivity contribution in [2.75, 3.05) is 13.2 Å². The first kappa shape index (κ1) is 18.1. The number of rotatable bonds is 9. The number of hydrogen-bond acceptors (Lipinski definition) is 6. The molecule has 0 aromatic rings. The van der Waals surface area contributed by atoms with Crippen LogP contribution in [0, 0.1) is 0 Å². The van der Waals surface area contributed by atoms with Gasteiger partial charge in [-0.2, -0.15) is 0 Å². The molecule has 1 heterocycles. The maximum atomic E-state index is 11.5. The van der Waals surface area contributed by atoms with Crippen molar-refractivity contribution in [1.29, 1.82) is 0 Å². The van der Waals surface area contributed by atoms with E-state index in [0.29, 0.717) is 6.42 Å². The van der Waals surface area contributed by atoms with Crippen molar-refractivity contribution in [2.24, 2.45) is 0 Å². The van der Waals surface area contributed by atoms with Gasteiger partial charge in [-0.15, -0.1) is 0 Å². The third kappa shape index (κ3) is 6.54. The van der Waals surface area contributed by atoms with Gasteiger partial charge >= 0.3 is 5.97 Å². The molecule has 3 atom stereocenters. The SMILES string of the molecule is CCCCCCCCC(=O)OC[C@H]1OCC(=O)[C@@H](O)[C@@H]1O. The first-order chi connectivity index (χ1) is 10.1. The summed E-state index contributed by atoms with van der Waals surface area (Å²) in [5, 5.41) is 19.0. The van der Waals surface area contributed by atoms with Crippen LogP contribution in [-0.4, -0.2) is 53.5 Å². The fraction of sp³-hybridized carbons (Fsp3) is 0.867. The number of carbonyl (C=O) groups excluding carboxylic acids is 2. The van der Waals surface area contributed by atoms with Gasteiger partial charge in [0.15, 0.2) is 5.78 Å². The normalized spacial score (nSPS) is 25.9. The van der Waals surface area contributed by atoms with E-state index in [1.165, 1.54) is 19.3 Å². The monoisotopic (exact) mass is 302 g/mol. The summed E-state index contributed by atoms with van der Waals surface area (Å²) in [5.74, 6) is -0.898. The minimum atomic E-state index is -1.46. The van der Waals surface area contributed by atoms with E-state index in [4.69, 9.17) is 9.47 Å². The van der Waals surface area contributed by atoms with Crippen LogP contribution in [-0.2, 0) is 19.1 Å². The van der Waals surface area contributed by atoms with Gasteiger partial charge in [0, 0.05) is 6.42 Å². The standard InChI is InChI=1S/C15H26O6/c1-2-3-4-5-6-7-8-13(17)21-10-12-15(19)14(18)11(16)9-20-12/h12,14-15,18-19H,2-10H2,1H3/t12-,14-,15-/m1/s1. The summed E-state index contributed by atoms with van der Waals surface area (Å²) in [7, 11) is 0. The molecule has 0 spiro atoms. The Bertz CT molecular complexity index is 330. The molecule has 1 saturated heterocycles. The van der Waals surface area contributed by atoms with Crippen LogP contribution < -0.4 is 0 Å². The van der Waals surface area contributed by atoms with Crippen LogP contribution in [0.5, 0.6) is 0 Å². The van der Waals surface area contributed by atoms with Gasteiger partial charge in [-0.1, -0.05) is 39.0 Å². The van der Waals surface area contributed by atoms with E-state index < -0.39 is 24.1 Å². The molecule has 6 nitrogen and oxygen atoms in total. The molecule has 6 heteroatoms. The zero-order chi connectivity index (χ0) is 15.7. The second-order valence-electron chi connectivity index (χ2n) is 5.45. The highest BCUT2D eigenvalue weighted by atomic mass is 16.6. The number of ether oxygens (including phenoxy) is 2. The lowest BCUT2D eigenvalue weighted by Crippen LogP contribution is -2.52. The van der Waals surface area contributed by atoms with Crippen LogP contribution in [0.4, 0.5) is 0 Å². The van der Waals surface area contributed by atoms with Crippen molar-refractivity contribution in [3.8, 4) is 0 Å². The lowest BCUT2D eigenvalue weighted by Gasteiger charge is -2.30. The molecule has 0 aliphatic carbocycles. The molecular formula is C15H26O6. The number of ketones is 1. The fourth-order valence-corrected chi connectivity index (χ4v) is 2.21. The van der Waals surface area contributed by atoms with E-state index in [1.54, 1.807) is 0 Å². The predicted octanol–water partition coefficient (Wildman–Crippen LogP) is 0.970. The van der Waals surface area contributed by atoms with Gasteiger partial charge in [-0.25, -0.2) is 0 Å². The Balaban J connectivity index is 2.11. The lowest BCUT2D eigenvalue weighted by atomic mass is 10.0. The molecule has 1 rings (SSSR count). The van der Waals surface area contributed by atoms with E-state index in [0.717, 1.165) is 19.3 Å². The first-order valence-corrected chi connectivity index (χ1v) is 7.72. The average molecular weight is 302 g/mol. The van der Waals surface area contributed by atoms with Gasteiger partial charge in [0.05, 0.1) is 0 Å². The van der Waals surface area contributed by atoms with E-state index >= 15 is 0 Å². The van der Waals surface area contributed by atoms with E-state index in [9.17, 15) is 19.8 Å². The highest BCUT2D eigenvalue weighted by Crippen LogP contribution is 2.13. The van der Waals surface area contributed by atoms with Crippen molar-refractivity contribution in [2.45, 2.75) is 70.2 Å². The molecule has 1 aliphatic rings. The molecule has 0 amide bonds. The average Bonchev–Trinajstić information content (AvgIpc) is 2.47. The number of hydrogen-bond donors (Lipinski definition) is 2. The van der Waals surface area contributed by atoms with Gasteiger partial charge in [-0.3, -0.25) is 9.59 Å². The second kappa shape index (κ2) is 9.87. The number of esters is 1. The molecule has 1 aliphatic heterocycles. The smallest absolute Gasteiger partial charge is 0.305 e. The van der Waals surface area contributed by atoms with Crippen LogP contribution in [0.25, 0.3) is 0 Å². The van der Waals surface area contributed by atoms with Crippen molar-refractivity contribution >= 4 is 11.8 Å². The Morgan fingerprint density at radius 1 is 1.24 bits per heavy atom. The summed E-state index contributed by atoms with van der Waals surface area (Å²) in [6.07, 6.45) is 3.24. The third-order valence-electron chi connectivity index (χ3n) is 3.62. The summed E-state index contributed by atoms with van der Waals surface area (Å²) < 4.78 is 10.1. The Labute approximate surface area is 125 Å². The van der Waals surface area contributed by atoms with Crippen LogP contribution in [0.2, 0.25) is 0 Å². The van der Waals surface area contributed by atoms with Crippen LogP contribution in [0.3, 0.4) is 0 Å². The topological polar surface area (TPSA) is 93.1 Å². The number of aliphatic hydroxyl groups is 2. The highest BCUT2D eigenvalue weighted by Gasteiger charge is 2.37. The summed E-state index contributed by atoms with van der Waals surface area (Å²) in [6.45, 7) is 1.75. The quantitative estimate of drug-likeness (QED) is 0.487. The number of aliphatic hydroxyl groups excluding tert-OH is 2. The molecule has 0 radical (unpaired) electrons. The van der Waals surface area contributed by atoms with Gasteiger partial charge < -0.3 is 19.7 Å². The van der Waals surface area contributed by atoms with Crippen molar-refractivity contribution in [3.63, 3.8) is 0 Å². The minimum absolute atomic E-state index is 0.139. The Hall–Kier alpha value is -0.980. The maximum Gasteiger partial charge on any atom is 0.305 e. The summed E-state index contributed by atoms with van der Waals surface area (Å²) in [5.41, 5.74) is 0. The van der Waals surface area contributed by atoms with Crippen molar-refractivity contribution in [3.05, 3.63) is 0 Å². The highest BCUT2D eigenvalue weighted by molar-refractivity contribution is 5.85. The van der Waals surface area contributed by atoms with Crippen LogP contribution in [0.15, 0.2) is 0 Å². The first-order valence-electron chi connectivity index (χ1n) is 7.72. The number of carbonyl (C=O) groups is 2.